The first kappa shape index (κ1) is 17.7. The van der Waals surface area contributed by atoms with Crippen LogP contribution in [0.5, 0.6) is 11.5 Å². The van der Waals surface area contributed by atoms with Crippen LogP contribution in [0.15, 0.2) is 66.9 Å². The van der Waals surface area contributed by atoms with E-state index in [4.69, 9.17) is 15.2 Å². The number of nitrogens with zero attached hydrogens (tertiary/aromatic N) is 1. The number of hydrogen-bond acceptors (Lipinski definition) is 5. The van der Waals surface area contributed by atoms with Crippen LogP contribution < -0.4 is 15.2 Å². The van der Waals surface area contributed by atoms with Gasteiger partial charge >= 0.3 is 0 Å². The average Bonchev–Trinajstić information content (AvgIpc) is 2.73. The summed E-state index contributed by atoms with van der Waals surface area (Å²) in [6.45, 7) is 0.369. The second-order valence-electron chi connectivity index (χ2n) is 6.42. The van der Waals surface area contributed by atoms with Crippen LogP contribution >= 0.6 is 0 Å². The molecule has 0 bridgehead atoms. The summed E-state index contributed by atoms with van der Waals surface area (Å²) in [6, 6.07) is 17.7. The maximum atomic E-state index is 12.0. The third kappa shape index (κ3) is 3.57. The van der Waals surface area contributed by atoms with Gasteiger partial charge in [-0.15, -0.1) is 0 Å². The molecule has 2 N–H and O–H groups in total. The van der Waals surface area contributed by atoms with Crippen molar-refractivity contribution in [3.8, 4) is 11.5 Å². The van der Waals surface area contributed by atoms with E-state index in [1.54, 1.807) is 48.7 Å². The van der Waals surface area contributed by atoms with E-state index in [-0.39, 0.29) is 5.78 Å². The molecule has 4 rings (SSSR count). The van der Waals surface area contributed by atoms with Gasteiger partial charge in [0.2, 0.25) is 5.91 Å². The van der Waals surface area contributed by atoms with Crippen LogP contribution in [0.25, 0.3) is 0 Å². The molecule has 0 spiro atoms. The molecule has 0 saturated carbocycles. The van der Waals surface area contributed by atoms with Crippen LogP contribution in [0, 0.1) is 0 Å². The number of carbonyl (C=O) groups is 2. The highest BCUT2D eigenvalue weighted by Gasteiger charge is 2.22. The van der Waals surface area contributed by atoms with E-state index < -0.39 is 12.0 Å². The summed E-state index contributed by atoms with van der Waals surface area (Å²) in [5.41, 5.74) is 7.85. The molecule has 3 aromatic rings. The Morgan fingerprint density at radius 2 is 1.93 bits per heavy atom. The number of fused-ring (bicyclic) bond motifs is 1. The van der Waals surface area contributed by atoms with E-state index in [0.717, 1.165) is 5.56 Å². The van der Waals surface area contributed by atoms with Crippen molar-refractivity contribution in [2.24, 2.45) is 5.73 Å². The normalized spacial score (nSPS) is 13.9. The van der Waals surface area contributed by atoms with Crippen molar-refractivity contribution in [3.05, 3.63) is 89.2 Å². The zero-order valence-corrected chi connectivity index (χ0v) is 15.0. The molecule has 0 radical (unpaired) electrons. The zero-order valence-electron chi connectivity index (χ0n) is 15.0. The van der Waals surface area contributed by atoms with Gasteiger partial charge in [0.1, 0.15) is 11.5 Å². The topological polar surface area (TPSA) is 91.5 Å². The minimum atomic E-state index is -0.500. The summed E-state index contributed by atoms with van der Waals surface area (Å²) < 4.78 is 11.8. The number of carbonyl (C=O) groups excluding carboxylic acids is 2. The molecule has 28 heavy (non-hydrogen) atoms. The van der Waals surface area contributed by atoms with Crippen molar-refractivity contribution in [1.82, 2.24) is 4.98 Å². The van der Waals surface area contributed by atoms with Crippen molar-refractivity contribution in [3.63, 3.8) is 0 Å². The van der Waals surface area contributed by atoms with Crippen LogP contribution in [0.3, 0.4) is 0 Å². The van der Waals surface area contributed by atoms with E-state index in [2.05, 4.69) is 4.98 Å². The quantitative estimate of drug-likeness (QED) is 0.740. The van der Waals surface area contributed by atoms with E-state index in [9.17, 15) is 9.59 Å². The third-order valence-electron chi connectivity index (χ3n) is 4.55. The summed E-state index contributed by atoms with van der Waals surface area (Å²) in [7, 11) is 0. The van der Waals surface area contributed by atoms with Crippen molar-refractivity contribution < 1.29 is 19.1 Å². The number of hydrogen-bond donors (Lipinski definition) is 1. The summed E-state index contributed by atoms with van der Waals surface area (Å²) in [6.07, 6.45) is 1.58. The predicted octanol–water partition coefficient (Wildman–Crippen LogP) is 3.31. The average molecular weight is 374 g/mol. The van der Waals surface area contributed by atoms with Gasteiger partial charge in [0.05, 0.1) is 17.9 Å². The van der Waals surface area contributed by atoms with Crippen LogP contribution in [0.4, 0.5) is 0 Å². The molecule has 1 aliphatic heterocycles. The number of Topliss-reactive ketones (excluding diaryl/α,β-unsaturated/α-hetero) is 1. The summed E-state index contributed by atoms with van der Waals surface area (Å²) in [4.78, 5) is 27.7. The number of aromatic nitrogens is 1. The van der Waals surface area contributed by atoms with Gasteiger partial charge in [0.15, 0.2) is 11.9 Å². The molecular formula is C22H18N2O4. The highest BCUT2D eigenvalue weighted by atomic mass is 16.5. The molecule has 1 amide bonds. The Morgan fingerprint density at radius 3 is 2.64 bits per heavy atom. The fourth-order valence-electron chi connectivity index (χ4n) is 3.10. The van der Waals surface area contributed by atoms with Crippen molar-refractivity contribution in [2.75, 3.05) is 6.61 Å². The van der Waals surface area contributed by atoms with Crippen LogP contribution in [0.1, 0.15) is 44.5 Å². The van der Waals surface area contributed by atoms with Gasteiger partial charge in [-0.1, -0.05) is 18.2 Å². The molecule has 2 aromatic carbocycles. The highest BCUT2D eigenvalue weighted by Crippen LogP contribution is 2.33. The Kier molecular flexibility index (Phi) is 4.76. The molecule has 0 fully saturated rings. The number of ether oxygens (including phenoxy) is 2. The Balaban J connectivity index is 1.68. The molecule has 0 saturated heterocycles. The molecule has 140 valence electrons. The van der Waals surface area contributed by atoms with Gasteiger partial charge in [-0.05, 0) is 42.0 Å². The summed E-state index contributed by atoms with van der Waals surface area (Å²) >= 11 is 0. The van der Waals surface area contributed by atoms with Gasteiger partial charge in [0.25, 0.3) is 0 Å². The number of amides is 1. The van der Waals surface area contributed by atoms with Crippen molar-refractivity contribution in [2.45, 2.75) is 12.5 Å². The van der Waals surface area contributed by atoms with Gasteiger partial charge in [0, 0.05) is 24.2 Å². The predicted molar refractivity (Wildman–Crippen MR) is 103 cm³/mol. The zero-order chi connectivity index (χ0) is 19.5. The Bertz CT molecular complexity index is 1020. The molecule has 0 unspecified atom stereocenters. The first-order valence-corrected chi connectivity index (χ1v) is 8.89. The highest BCUT2D eigenvalue weighted by molar-refractivity contribution is 5.99. The van der Waals surface area contributed by atoms with Crippen molar-refractivity contribution >= 4 is 11.7 Å². The Labute approximate surface area is 161 Å². The number of primary amides is 1. The lowest BCUT2D eigenvalue weighted by Gasteiger charge is -2.21. The van der Waals surface area contributed by atoms with Crippen LogP contribution in [0.2, 0.25) is 0 Å². The lowest BCUT2D eigenvalue weighted by Crippen LogP contribution is -2.16. The molecule has 2 heterocycles. The fourth-order valence-corrected chi connectivity index (χ4v) is 3.10. The van der Waals surface area contributed by atoms with E-state index in [1.807, 2.05) is 18.2 Å². The first-order chi connectivity index (χ1) is 13.6. The second-order valence-corrected chi connectivity index (χ2v) is 6.42. The monoisotopic (exact) mass is 374 g/mol. The summed E-state index contributed by atoms with van der Waals surface area (Å²) in [5, 5.41) is 0. The maximum Gasteiger partial charge on any atom is 0.248 e. The second kappa shape index (κ2) is 7.52. The SMILES string of the molecule is NC(=O)c1ccc([C@H](Oc2ccc3c(c2)OCCC3=O)c2ccccn2)cc1. The third-order valence-corrected chi connectivity index (χ3v) is 4.55. The van der Waals surface area contributed by atoms with Gasteiger partial charge in [-0.25, -0.2) is 0 Å². The van der Waals surface area contributed by atoms with Gasteiger partial charge in [-0.2, -0.15) is 0 Å². The largest absolute Gasteiger partial charge is 0.492 e. The Morgan fingerprint density at radius 1 is 1.11 bits per heavy atom. The Hall–Kier alpha value is -3.67. The molecule has 6 heteroatoms. The number of ketones is 1. The maximum absolute atomic E-state index is 12.0. The smallest absolute Gasteiger partial charge is 0.248 e. The van der Waals surface area contributed by atoms with Crippen LogP contribution in [-0.2, 0) is 0 Å². The molecular weight excluding hydrogens is 356 g/mol. The molecule has 0 aliphatic carbocycles. The molecule has 6 nitrogen and oxygen atoms in total. The van der Waals surface area contributed by atoms with E-state index >= 15 is 0 Å². The number of rotatable bonds is 5. The van der Waals surface area contributed by atoms with E-state index in [1.165, 1.54) is 0 Å². The van der Waals surface area contributed by atoms with Crippen LogP contribution in [-0.4, -0.2) is 23.3 Å². The van der Waals surface area contributed by atoms with Crippen molar-refractivity contribution in [1.29, 1.82) is 0 Å². The minimum Gasteiger partial charge on any atom is -0.492 e. The first-order valence-electron chi connectivity index (χ1n) is 8.89. The molecule has 1 atom stereocenters. The molecule has 1 aromatic heterocycles. The summed E-state index contributed by atoms with van der Waals surface area (Å²) in [5.74, 6) is 0.662. The standard InChI is InChI=1S/C22H18N2O4/c23-22(26)15-6-4-14(5-7-15)21(18-3-1-2-11-24-18)28-16-8-9-17-19(25)10-12-27-20(17)13-16/h1-9,11,13,21H,10,12H2,(H2,23,26)/t21-/m0/s1. The van der Waals surface area contributed by atoms with Gasteiger partial charge in [-0.3, -0.25) is 14.6 Å². The number of pyridine rings is 1. The number of nitrogens with two attached hydrogens (primary N) is 1. The lowest BCUT2D eigenvalue weighted by molar-refractivity contribution is 0.0932. The minimum absolute atomic E-state index is 0.0658. The van der Waals surface area contributed by atoms with Gasteiger partial charge < -0.3 is 15.2 Å². The van der Waals surface area contributed by atoms with E-state index in [0.29, 0.717) is 41.3 Å². The number of benzene rings is 2. The lowest BCUT2D eigenvalue weighted by atomic mass is 10.0. The molecule has 1 aliphatic rings. The fraction of sp³-hybridized carbons (Fsp3) is 0.136.